The van der Waals surface area contributed by atoms with E-state index in [1.54, 1.807) is 23.9 Å². The van der Waals surface area contributed by atoms with Crippen molar-refractivity contribution < 1.29 is 14.3 Å². The molecule has 118 valence electrons. The fourth-order valence-corrected chi connectivity index (χ4v) is 2.83. The van der Waals surface area contributed by atoms with Crippen LogP contribution < -0.4 is 15.0 Å². The molecule has 0 unspecified atom stereocenters. The number of anilines is 2. The first-order valence-corrected chi connectivity index (χ1v) is 8.36. The van der Waals surface area contributed by atoms with E-state index in [1.165, 1.54) is 4.90 Å². The van der Waals surface area contributed by atoms with E-state index < -0.39 is 0 Å². The molecule has 1 aliphatic rings. The van der Waals surface area contributed by atoms with Crippen LogP contribution in [-0.2, 0) is 9.59 Å². The molecule has 0 aliphatic carbocycles. The van der Waals surface area contributed by atoms with Crippen molar-refractivity contribution in [1.82, 2.24) is 0 Å². The molecule has 1 aliphatic heterocycles. The number of thioether (sulfide) groups is 1. The third kappa shape index (κ3) is 3.48. The standard InChI is InChI=1S/C17H16N2O3S/c1-23-13-6-4-5-12(9-13)18-16(20)10-19-14-7-2-3-8-15(14)22-11-17(19)21/h2-9H,10-11H2,1H3,(H,18,20). The Bertz CT molecular complexity index is 748. The lowest BCUT2D eigenvalue weighted by Gasteiger charge is -2.28. The van der Waals surface area contributed by atoms with Crippen molar-refractivity contribution in [3.05, 3.63) is 48.5 Å². The second-order valence-electron chi connectivity index (χ2n) is 5.02. The number of ether oxygens (including phenoxy) is 1. The van der Waals surface area contributed by atoms with E-state index in [2.05, 4.69) is 5.32 Å². The minimum absolute atomic E-state index is 0.0390. The first-order valence-electron chi connectivity index (χ1n) is 7.13. The molecule has 0 aromatic heterocycles. The highest BCUT2D eigenvalue weighted by Gasteiger charge is 2.26. The number of nitrogens with one attached hydrogen (secondary N) is 1. The second-order valence-corrected chi connectivity index (χ2v) is 5.90. The second kappa shape index (κ2) is 6.75. The van der Waals surface area contributed by atoms with Crippen LogP contribution in [0.4, 0.5) is 11.4 Å². The van der Waals surface area contributed by atoms with Gasteiger partial charge in [-0.3, -0.25) is 14.5 Å². The van der Waals surface area contributed by atoms with Gasteiger partial charge in [-0.1, -0.05) is 18.2 Å². The van der Waals surface area contributed by atoms with Crippen molar-refractivity contribution in [2.75, 3.05) is 29.6 Å². The average molecular weight is 328 g/mol. The molecular weight excluding hydrogens is 312 g/mol. The molecule has 2 aromatic carbocycles. The van der Waals surface area contributed by atoms with Crippen LogP contribution in [0.25, 0.3) is 0 Å². The largest absolute Gasteiger partial charge is 0.482 e. The number of amides is 2. The van der Waals surface area contributed by atoms with Gasteiger partial charge < -0.3 is 10.1 Å². The molecule has 1 N–H and O–H groups in total. The number of carbonyl (C=O) groups excluding carboxylic acids is 2. The number of nitrogens with zero attached hydrogens (tertiary/aromatic N) is 1. The normalized spacial score (nSPS) is 13.3. The Hall–Kier alpha value is -2.47. The predicted molar refractivity (Wildman–Crippen MR) is 91.1 cm³/mol. The maximum atomic E-state index is 12.3. The van der Waals surface area contributed by atoms with Crippen LogP contribution >= 0.6 is 11.8 Å². The molecule has 3 rings (SSSR count). The molecule has 0 saturated heterocycles. The fraction of sp³-hybridized carbons (Fsp3) is 0.176. The van der Waals surface area contributed by atoms with Crippen LogP contribution in [0, 0.1) is 0 Å². The smallest absolute Gasteiger partial charge is 0.265 e. The van der Waals surface area contributed by atoms with E-state index in [4.69, 9.17) is 4.74 Å². The van der Waals surface area contributed by atoms with Gasteiger partial charge in [-0.05, 0) is 36.6 Å². The van der Waals surface area contributed by atoms with Crippen LogP contribution in [0.1, 0.15) is 0 Å². The van der Waals surface area contributed by atoms with E-state index in [0.29, 0.717) is 11.4 Å². The molecule has 0 fully saturated rings. The van der Waals surface area contributed by atoms with Crippen molar-refractivity contribution in [2.24, 2.45) is 0 Å². The van der Waals surface area contributed by atoms with E-state index in [1.807, 2.05) is 42.7 Å². The zero-order chi connectivity index (χ0) is 16.2. The van der Waals surface area contributed by atoms with Crippen LogP contribution in [0.2, 0.25) is 0 Å². The number of carbonyl (C=O) groups is 2. The van der Waals surface area contributed by atoms with Gasteiger partial charge in [0.25, 0.3) is 5.91 Å². The topological polar surface area (TPSA) is 58.6 Å². The lowest BCUT2D eigenvalue weighted by Crippen LogP contribution is -2.43. The maximum absolute atomic E-state index is 12.3. The molecule has 6 heteroatoms. The first kappa shape index (κ1) is 15.4. The lowest BCUT2D eigenvalue weighted by atomic mass is 10.2. The summed E-state index contributed by atoms with van der Waals surface area (Å²) in [6.45, 7) is -0.0883. The molecule has 0 saturated carbocycles. The lowest BCUT2D eigenvalue weighted by molar-refractivity contribution is -0.123. The van der Waals surface area contributed by atoms with Gasteiger partial charge in [-0.2, -0.15) is 0 Å². The Morgan fingerprint density at radius 2 is 2.09 bits per heavy atom. The SMILES string of the molecule is CSc1cccc(NC(=O)CN2C(=O)COc3ccccc32)c1. The van der Waals surface area contributed by atoms with Crippen molar-refractivity contribution in [2.45, 2.75) is 4.90 Å². The van der Waals surface area contributed by atoms with Crippen molar-refractivity contribution in [3.8, 4) is 5.75 Å². The highest BCUT2D eigenvalue weighted by Crippen LogP contribution is 2.31. The molecular formula is C17H16N2O3S. The minimum Gasteiger partial charge on any atom is -0.482 e. The first-order chi connectivity index (χ1) is 11.2. The van der Waals surface area contributed by atoms with Gasteiger partial charge in [-0.15, -0.1) is 11.8 Å². The van der Waals surface area contributed by atoms with Crippen LogP contribution in [0.15, 0.2) is 53.4 Å². The molecule has 0 atom stereocenters. The van der Waals surface area contributed by atoms with Gasteiger partial charge in [-0.25, -0.2) is 0 Å². The Morgan fingerprint density at radius 1 is 1.26 bits per heavy atom. The molecule has 0 radical (unpaired) electrons. The van der Waals surface area contributed by atoms with Crippen molar-refractivity contribution in [3.63, 3.8) is 0 Å². The van der Waals surface area contributed by atoms with Gasteiger partial charge in [0.1, 0.15) is 12.3 Å². The summed E-state index contributed by atoms with van der Waals surface area (Å²) >= 11 is 1.60. The number of para-hydroxylation sites is 2. The van der Waals surface area contributed by atoms with Crippen LogP contribution in [0.5, 0.6) is 5.75 Å². The Balaban J connectivity index is 1.73. The van der Waals surface area contributed by atoms with Gasteiger partial charge in [0.15, 0.2) is 6.61 Å². The zero-order valence-corrected chi connectivity index (χ0v) is 13.4. The Kier molecular flexibility index (Phi) is 4.52. The monoisotopic (exact) mass is 328 g/mol. The van der Waals surface area contributed by atoms with Crippen LogP contribution in [-0.4, -0.2) is 31.2 Å². The molecule has 23 heavy (non-hydrogen) atoms. The van der Waals surface area contributed by atoms with Gasteiger partial charge in [0.05, 0.1) is 5.69 Å². The number of fused-ring (bicyclic) bond motifs is 1. The number of hydrogen-bond donors (Lipinski definition) is 1. The fourth-order valence-electron chi connectivity index (χ4n) is 2.37. The van der Waals surface area contributed by atoms with E-state index in [0.717, 1.165) is 10.6 Å². The zero-order valence-electron chi connectivity index (χ0n) is 12.6. The summed E-state index contributed by atoms with van der Waals surface area (Å²) in [7, 11) is 0. The molecule has 5 nitrogen and oxygen atoms in total. The number of benzene rings is 2. The molecule has 2 amide bonds. The highest BCUT2D eigenvalue weighted by molar-refractivity contribution is 7.98. The summed E-state index contributed by atoms with van der Waals surface area (Å²) in [5.74, 6) is 0.148. The number of rotatable bonds is 4. The summed E-state index contributed by atoms with van der Waals surface area (Å²) in [6.07, 6.45) is 1.98. The third-order valence-corrected chi connectivity index (χ3v) is 4.19. The van der Waals surface area contributed by atoms with E-state index in [-0.39, 0.29) is 25.0 Å². The average Bonchev–Trinajstić information content (AvgIpc) is 2.57. The van der Waals surface area contributed by atoms with Crippen LogP contribution in [0.3, 0.4) is 0 Å². The Morgan fingerprint density at radius 3 is 2.91 bits per heavy atom. The molecule has 0 bridgehead atoms. The predicted octanol–water partition coefficient (Wildman–Crippen LogP) is 2.77. The third-order valence-electron chi connectivity index (χ3n) is 3.46. The molecule has 1 heterocycles. The maximum Gasteiger partial charge on any atom is 0.265 e. The minimum atomic E-state index is -0.242. The van der Waals surface area contributed by atoms with E-state index in [9.17, 15) is 9.59 Å². The summed E-state index contributed by atoms with van der Waals surface area (Å²) in [6, 6.07) is 14.8. The van der Waals surface area contributed by atoms with Gasteiger partial charge in [0.2, 0.25) is 5.91 Å². The molecule has 0 spiro atoms. The highest BCUT2D eigenvalue weighted by atomic mass is 32.2. The quantitative estimate of drug-likeness (QED) is 0.877. The number of hydrogen-bond acceptors (Lipinski definition) is 4. The summed E-state index contributed by atoms with van der Waals surface area (Å²) in [5, 5.41) is 2.83. The molecule has 2 aromatic rings. The summed E-state index contributed by atoms with van der Waals surface area (Å²) in [4.78, 5) is 26.9. The van der Waals surface area contributed by atoms with E-state index >= 15 is 0 Å². The van der Waals surface area contributed by atoms with Crippen molar-refractivity contribution in [1.29, 1.82) is 0 Å². The summed E-state index contributed by atoms with van der Waals surface area (Å²) in [5.41, 5.74) is 1.34. The van der Waals surface area contributed by atoms with Crippen molar-refractivity contribution >= 4 is 35.0 Å². The Labute approximate surface area is 138 Å². The van der Waals surface area contributed by atoms with Gasteiger partial charge in [0, 0.05) is 10.6 Å². The summed E-state index contributed by atoms with van der Waals surface area (Å²) < 4.78 is 5.37. The van der Waals surface area contributed by atoms with Gasteiger partial charge >= 0.3 is 0 Å².